The molecular weight excluding hydrogens is 278 g/mol. The van der Waals surface area contributed by atoms with Gasteiger partial charge in [-0.3, -0.25) is 4.79 Å². The number of aliphatic carboxylic acids is 1. The number of hydrogen-bond donors (Lipinski definition) is 3. The highest BCUT2D eigenvalue weighted by molar-refractivity contribution is 7.99. The van der Waals surface area contributed by atoms with E-state index in [1.807, 2.05) is 26.0 Å². The summed E-state index contributed by atoms with van der Waals surface area (Å²) in [6.07, 6.45) is -1.27. The van der Waals surface area contributed by atoms with Gasteiger partial charge in [-0.1, -0.05) is 6.07 Å². The van der Waals surface area contributed by atoms with Crippen LogP contribution in [0.3, 0.4) is 0 Å². The lowest BCUT2D eigenvalue weighted by atomic mass is 10.1. The van der Waals surface area contributed by atoms with Crippen molar-refractivity contribution >= 4 is 23.6 Å². The first-order valence-electron chi connectivity index (χ1n) is 6.27. The zero-order chi connectivity index (χ0) is 15.1. The SMILES string of the molecule is Cc1ccc(SCCC(=O)NC[C@H](O)C(=O)O)cc1C. The second-order valence-electron chi connectivity index (χ2n) is 4.50. The number of aliphatic hydroxyl groups is 1. The van der Waals surface area contributed by atoms with Gasteiger partial charge < -0.3 is 15.5 Å². The van der Waals surface area contributed by atoms with E-state index in [9.17, 15) is 9.59 Å². The maximum Gasteiger partial charge on any atom is 0.334 e. The highest BCUT2D eigenvalue weighted by Crippen LogP contribution is 2.21. The summed E-state index contributed by atoms with van der Waals surface area (Å²) in [6, 6.07) is 6.13. The molecule has 1 aromatic carbocycles. The second-order valence-corrected chi connectivity index (χ2v) is 5.67. The van der Waals surface area contributed by atoms with E-state index in [4.69, 9.17) is 10.2 Å². The van der Waals surface area contributed by atoms with Gasteiger partial charge in [-0.15, -0.1) is 11.8 Å². The summed E-state index contributed by atoms with van der Waals surface area (Å²) in [7, 11) is 0. The number of benzene rings is 1. The third-order valence-electron chi connectivity index (χ3n) is 2.85. The Labute approximate surface area is 122 Å². The van der Waals surface area contributed by atoms with Crippen molar-refractivity contribution in [2.45, 2.75) is 31.3 Å². The van der Waals surface area contributed by atoms with E-state index < -0.39 is 12.1 Å². The molecule has 0 saturated heterocycles. The summed E-state index contributed by atoms with van der Waals surface area (Å²) >= 11 is 1.57. The number of carboxylic acids is 1. The molecule has 6 heteroatoms. The molecule has 0 aromatic heterocycles. The van der Waals surface area contributed by atoms with E-state index in [2.05, 4.69) is 11.4 Å². The average molecular weight is 297 g/mol. The van der Waals surface area contributed by atoms with E-state index in [1.165, 1.54) is 11.1 Å². The van der Waals surface area contributed by atoms with Crippen LogP contribution in [0.15, 0.2) is 23.1 Å². The molecule has 20 heavy (non-hydrogen) atoms. The minimum Gasteiger partial charge on any atom is -0.479 e. The Bertz CT molecular complexity index is 490. The Morgan fingerprint density at radius 3 is 2.60 bits per heavy atom. The molecule has 0 radical (unpaired) electrons. The third-order valence-corrected chi connectivity index (χ3v) is 3.85. The molecule has 0 aliphatic carbocycles. The molecule has 3 N–H and O–H groups in total. The number of carbonyl (C=O) groups excluding carboxylic acids is 1. The monoisotopic (exact) mass is 297 g/mol. The van der Waals surface area contributed by atoms with E-state index in [0.29, 0.717) is 5.75 Å². The van der Waals surface area contributed by atoms with Crippen molar-refractivity contribution in [1.29, 1.82) is 0 Å². The van der Waals surface area contributed by atoms with E-state index in [1.54, 1.807) is 11.8 Å². The number of nitrogens with one attached hydrogen (secondary N) is 1. The van der Waals surface area contributed by atoms with Crippen LogP contribution in [-0.2, 0) is 9.59 Å². The second kappa shape index (κ2) is 7.91. The van der Waals surface area contributed by atoms with Crippen LogP contribution >= 0.6 is 11.8 Å². The van der Waals surface area contributed by atoms with Gasteiger partial charge in [0.2, 0.25) is 5.91 Å². The molecule has 110 valence electrons. The molecular formula is C14H19NO4S. The average Bonchev–Trinajstić information content (AvgIpc) is 2.40. The van der Waals surface area contributed by atoms with Crippen molar-refractivity contribution in [2.75, 3.05) is 12.3 Å². The van der Waals surface area contributed by atoms with Gasteiger partial charge in [0.15, 0.2) is 6.10 Å². The van der Waals surface area contributed by atoms with Gasteiger partial charge in [0.25, 0.3) is 0 Å². The van der Waals surface area contributed by atoms with Gasteiger partial charge >= 0.3 is 5.97 Å². The highest BCUT2D eigenvalue weighted by atomic mass is 32.2. The molecule has 0 aliphatic rings. The predicted octanol–water partition coefficient (Wildman–Crippen LogP) is 1.35. The maximum atomic E-state index is 11.5. The standard InChI is InChI=1S/C14H19NO4S/c1-9-3-4-11(7-10(9)2)20-6-5-13(17)15-8-12(16)14(18)19/h3-4,7,12,16H,5-6,8H2,1-2H3,(H,15,17)(H,18,19)/t12-/m0/s1. The predicted molar refractivity (Wildman–Crippen MR) is 77.9 cm³/mol. The molecule has 0 unspecified atom stereocenters. The fourth-order valence-electron chi connectivity index (χ4n) is 1.45. The zero-order valence-electron chi connectivity index (χ0n) is 11.5. The molecule has 0 fully saturated rings. The van der Waals surface area contributed by atoms with Crippen molar-refractivity contribution in [2.24, 2.45) is 0 Å². The number of carbonyl (C=O) groups is 2. The van der Waals surface area contributed by atoms with Crippen LogP contribution < -0.4 is 5.32 Å². The molecule has 1 rings (SSSR count). The number of carboxylic acid groups (broad SMARTS) is 1. The summed E-state index contributed by atoms with van der Waals surface area (Å²) in [4.78, 5) is 22.9. The van der Waals surface area contributed by atoms with E-state index >= 15 is 0 Å². The minimum atomic E-state index is -1.55. The van der Waals surface area contributed by atoms with Crippen LogP contribution in [-0.4, -0.2) is 40.5 Å². The van der Waals surface area contributed by atoms with Gasteiger partial charge in [-0.05, 0) is 37.1 Å². The van der Waals surface area contributed by atoms with Crippen LogP contribution in [0.5, 0.6) is 0 Å². The van der Waals surface area contributed by atoms with Crippen molar-refractivity contribution in [3.8, 4) is 0 Å². The number of amides is 1. The number of hydrogen-bond acceptors (Lipinski definition) is 4. The van der Waals surface area contributed by atoms with Crippen LogP contribution in [0.1, 0.15) is 17.5 Å². The topological polar surface area (TPSA) is 86.6 Å². The molecule has 0 heterocycles. The van der Waals surface area contributed by atoms with Crippen LogP contribution in [0.2, 0.25) is 0 Å². The fraction of sp³-hybridized carbons (Fsp3) is 0.429. The maximum absolute atomic E-state index is 11.5. The summed E-state index contributed by atoms with van der Waals surface area (Å²) in [5, 5.41) is 19.9. The normalized spacial score (nSPS) is 11.9. The Kier molecular flexibility index (Phi) is 6.54. The minimum absolute atomic E-state index is 0.261. The van der Waals surface area contributed by atoms with E-state index in [-0.39, 0.29) is 18.9 Å². The molecule has 0 bridgehead atoms. The number of aliphatic hydroxyl groups excluding tert-OH is 1. The third kappa shape index (κ3) is 5.63. The Hall–Kier alpha value is -1.53. The Morgan fingerprint density at radius 2 is 2.00 bits per heavy atom. The lowest BCUT2D eigenvalue weighted by Crippen LogP contribution is -2.36. The van der Waals surface area contributed by atoms with Crippen molar-refractivity contribution in [3.05, 3.63) is 29.3 Å². The van der Waals surface area contributed by atoms with Gasteiger partial charge in [0, 0.05) is 17.1 Å². The molecule has 1 atom stereocenters. The van der Waals surface area contributed by atoms with Gasteiger partial charge in [-0.25, -0.2) is 4.79 Å². The summed E-state index contributed by atoms with van der Waals surface area (Å²) in [6.45, 7) is 3.83. The van der Waals surface area contributed by atoms with Crippen molar-refractivity contribution < 1.29 is 19.8 Å². The van der Waals surface area contributed by atoms with Crippen LogP contribution in [0.25, 0.3) is 0 Å². The molecule has 0 spiro atoms. The Morgan fingerprint density at radius 1 is 1.30 bits per heavy atom. The molecule has 5 nitrogen and oxygen atoms in total. The zero-order valence-corrected chi connectivity index (χ0v) is 12.4. The first kappa shape index (κ1) is 16.5. The number of rotatable bonds is 7. The summed E-state index contributed by atoms with van der Waals surface area (Å²) < 4.78 is 0. The molecule has 0 aliphatic heterocycles. The number of thioether (sulfide) groups is 1. The van der Waals surface area contributed by atoms with E-state index in [0.717, 1.165) is 4.90 Å². The van der Waals surface area contributed by atoms with Gasteiger partial charge in [0.05, 0.1) is 6.54 Å². The van der Waals surface area contributed by atoms with Crippen LogP contribution in [0, 0.1) is 13.8 Å². The van der Waals surface area contributed by atoms with Crippen LogP contribution in [0.4, 0.5) is 0 Å². The summed E-state index contributed by atoms with van der Waals surface area (Å²) in [5.41, 5.74) is 2.44. The lowest BCUT2D eigenvalue weighted by Gasteiger charge is -2.08. The molecule has 1 amide bonds. The lowest BCUT2D eigenvalue weighted by molar-refractivity contribution is -0.146. The van der Waals surface area contributed by atoms with Gasteiger partial charge in [0.1, 0.15) is 0 Å². The molecule has 1 aromatic rings. The first-order valence-corrected chi connectivity index (χ1v) is 7.26. The van der Waals surface area contributed by atoms with Gasteiger partial charge in [-0.2, -0.15) is 0 Å². The quantitative estimate of drug-likeness (QED) is 0.661. The summed E-state index contributed by atoms with van der Waals surface area (Å²) in [5.74, 6) is -0.992. The Balaban J connectivity index is 2.28. The number of aryl methyl sites for hydroxylation is 2. The van der Waals surface area contributed by atoms with Crippen molar-refractivity contribution in [3.63, 3.8) is 0 Å². The smallest absolute Gasteiger partial charge is 0.334 e. The fourth-order valence-corrected chi connectivity index (χ4v) is 2.40. The largest absolute Gasteiger partial charge is 0.479 e. The highest BCUT2D eigenvalue weighted by Gasteiger charge is 2.13. The van der Waals surface area contributed by atoms with Crippen molar-refractivity contribution in [1.82, 2.24) is 5.32 Å². The first-order chi connectivity index (χ1) is 9.40. The molecule has 0 saturated carbocycles.